The molecule has 26 heavy (non-hydrogen) atoms. The van der Waals surface area contributed by atoms with Crippen molar-refractivity contribution in [1.82, 2.24) is 0 Å². The van der Waals surface area contributed by atoms with E-state index in [4.69, 9.17) is 9.15 Å². The molecule has 6 heteroatoms. The largest absolute Gasteiger partial charge is 0.455 e. The van der Waals surface area contributed by atoms with E-state index in [1.54, 1.807) is 30.3 Å². The van der Waals surface area contributed by atoms with Crippen LogP contribution in [0.25, 0.3) is 0 Å². The van der Waals surface area contributed by atoms with E-state index in [0.717, 1.165) is 18.6 Å². The molecular formula is C20H26N2O4. The molecule has 2 rings (SSSR count). The number of rotatable bonds is 6. The van der Waals surface area contributed by atoms with Gasteiger partial charge < -0.3 is 14.5 Å². The van der Waals surface area contributed by atoms with Gasteiger partial charge in [-0.2, -0.15) is 0 Å². The molecule has 0 aliphatic rings. The molecule has 0 fully saturated rings. The van der Waals surface area contributed by atoms with E-state index in [2.05, 4.69) is 10.6 Å². The van der Waals surface area contributed by atoms with E-state index >= 15 is 0 Å². The zero-order valence-electron chi connectivity index (χ0n) is 15.7. The van der Waals surface area contributed by atoms with Gasteiger partial charge in [0.1, 0.15) is 5.76 Å². The van der Waals surface area contributed by atoms with Crippen molar-refractivity contribution in [2.75, 3.05) is 17.2 Å². The summed E-state index contributed by atoms with van der Waals surface area (Å²) in [6, 6.07) is 10.3. The molecule has 6 nitrogen and oxygen atoms in total. The lowest BCUT2D eigenvalue weighted by Gasteiger charge is -2.14. The van der Waals surface area contributed by atoms with Gasteiger partial charge in [0, 0.05) is 16.8 Å². The van der Waals surface area contributed by atoms with Gasteiger partial charge in [0.05, 0.1) is 6.61 Å². The van der Waals surface area contributed by atoms with Gasteiger partial charge in [0.15, 0.2) is 5.76 Å². The molecule has 0 atom stereocenters. The van der Waals surface area contributed by atoms with Crippen LogP contribution in [0.15, 0.2) is 40.8 Å². The van der Waals surface area contributed by atoms with Crippen molar-refractivity contribution < 1.29 is 18.7 Å². The summed E-state index contributed by atoms with van der Waals surface area (Å²) in [5, 5.41) is 5.41. The Balaban J connectivity index is 1.91. The Bertz CT molecular complexity index is 742. The smallest absolute Gasteiger partial charge is 0.411 e. The van der Waals surface area contributed by atoms with Crippen molar-refractivity contribution in [2.45, 2.75) is 46.0 Å². The highest BCUT2D eigenvalue weighted by atomic mass is 16.5. The van der Waals surface area contributed by atoms with E-state index < -0.39 is 6.09 Å². The van der Waals surface area contributed by atoms with Crippen LogP contribution >= 0.6 is 0 Å². The maximum atomic E-state index is 12.3. The van der Waals surface area contributed by atoms with Crippen LogP contribution in [0.3, 0.4) is 0 Å². The summed E-state index contributed by atoms with van der Waals surface area (Å²) in [6.45, 7) is 8.49. The molecule has 0 radical (unpaired) electrons. The molecule has 140 valence electrons. The molecular weight excluding hydrogens is 332 g/mol. The van der Waals surface area contributed by atoms with Crippen LogP contribution in [-0.2, 0) is 10.2 Å². The third-order valence-electron chi connectivity index (χ3n) is 3.69. The third kappa shape index (κ3) is 5.65. The zero-order chi connectivity index (χ0) is 19.2. The number of ether oxygens (including phenoxy) is 1. The van der Waals surface area contributed by atoms with Crippen molar-refractivity contribution in [3.8, 4) is 0 Å². The SMILES string of the molecule is CCCCOC(=O)Nc1ccc(NC(=O)c2ccc(C(C)(C)C)o2)cc1. The fourth-order valence-corrected chi connectivity index (χ4v) is 2.16. The minimum absolute atomic E-state index is 0.155. The minimum Gasteiger partial charge on any atom is -0.455 e. The third-order valence-corrected chi connectivity index (χ3v) is 3.69. The quantitative estimate of drug-likeness (QED) is 0.697. The van der Waals surface area contributed by atoms with Gasteiger partial charge in [-0.05, 0) is 42.8 Å². The van der Waals surface area contributed by atoms with Gasteiger partial charge >= 0.3 is 6.09 Å². The Kier molecular flexibility index (Phi) is 6.44. The lowest BCUT2D eigenvalue weighted by atomic mass is 9.94. The summed E-state index contributed by atoms with van der Waals surface area (Å²) in [7, 11) is 0. The molecule has 1 aromatic heterocycles. The van der Waals surface area contributed by atoms with Crippen LogP contribution in [0.1, 0.15) is 56.9 Å². The maximum absolute atomic E-state index is 12.3. The second kappa shape index (κ2) is 8.56. The van der Waals surface area contributed by atoms with E-state index in [-0.39, 0.29) is 17.1 Å². The van der Waals surface area contributed by atoms with Crippen molar-refractivity contribution in [3.05, 3.63) is 47.9 Å². The van der Waals surface area contributed by atoms with Crippen LogP contribution in [0.5, 0.6) is 0 Å². The van der Waals surface area contributed by atoms with Gasteiger partial charge in [-0.15, -0.1) is 0 Å². The maximum Gasteiger partial charge on any atom is 0.411 e. The van der Waals surface area contributed by atoms with Crippen LogP contribution in [0.4, 0.5) is 16.2 Å². The first-order valence-corrected chi connectivity index (χ1v) is 8.75. The highest BCUT2D eigenvalue weighted by molar-refractivity contribution is 6.02. The van der Waals surface area contributed by atoms with E-state index in [1.165, 1.54) is 0 Å². The lowest BCUT2D eigenvalue weighted by molar-refractivity contribution is 0.0993. The number of hydrogen-bond acceptors (Lipinski definition) is 4. The molecule has 2 aromatic rings. The molecule has 0 bridgehead atoms. The number of carbonyl (C=O) groups excluding carboxylic acids is 2. The molecule has 0 aliphatic heterocycles. The Hall–Kier alpha value is -2.76. The zero-order valence-corrected chi connectivity index (χ0v) is 15.7. The second-order valence-electron chi connectivity index (χ2n) is 7.06. The highest BCUT2D eigenvalue weighted by Crippen LogP contribution is 2.24. The van der Waals surface area contributed by atoms with Crippen LogP contribution < -0.4 is 10.6 Å². The van der Waals surface area contributed by atoms with Gasteiger partial charge in [0.25, 0.3) is 5.91 Å². The molecule has 0 saturated carbocycles. The predicted molar refractivity (Wildman–Crippen MR) is 102 cm³/mol. The fraction of sp³-hybridized carbons (Fsp3) is 0.400. The second-order valence-corrected chi connectivity index (χ2v) is 7.06. The summed E-state index contributed by atoms with van der Waals surface area (Å²) < 4.78 is 10.7. The number of furan rings is 1. The molecule has 0 spiro atoms. The molecule has 0 aliphatic carbocycles. The van der Waals surface area contributed by atoms with Crippen molar-refractivity contribution in [1.29, 1.82) is 0 Å². The predicted octanol–water partition coefficient (Wildman–Crippen LogP) is 5.18. The highest BCUT2D eigenvalue weighted by Gasteiger charge is 2.20. The van der Waals surface area contributed by atoms with Gasteiger partial charge in [-0.3, -0.25) is 10.1 Å². The fourth-order valence-electron chi connectivity index (χ4n) is 2.16. The van der Waals surface area contributed by atoms with Gasteiger partial charge in [0.2, 0.25) is 0 Å². The van der Waals surface area contributed by atoms with Crippen molar-refractivity contribution in [3.63, 3.8) is 0 Å². The van der Waals surface area contributed by atoms with Crippen LogP contribution in [-0.4, -0.2) is 18.6 Å². The van der Waals surface area contributed by atoms with E-state index in [0.29, 0.717) is 18.0 Å². The molecule has 0 saturated heterocycles. The standard InChI is InChI=1S/C20H26N2O4/c1-5-6-13-25-19(24)22-15-9-7-14(8-10-15)21-18(23)16-11-12-17(26-16)20(2,3)4/h7-12H,5-6,13H2,1-4H3,(H,21,23)(H,22,24). The number of anilines is 2. The summed E-state index contributed by atoms with van der Waals surface area (Å²) in [5.74, 6) is 0.695. The Labute approximate surface area is 153 Å². The first-order chi connectivity index (χ1) is 12.3. The summed E-state index contributed by atoms with van der Waals surface area (Å²) in [6.07, 6.45) is 1.32. The molecule has 1 heterocycles. The molecule has 2 N–H and O–H groups in total. The number of carbonyl (C=O) groups is 2. The normalized spacial score (nSPS) is 11.1. The summed E-state index contributed by atoms with van der Waals surface area (Å²) in [4.78, 5) is 23.9. The molecule has 1 aromatic carbocycles. The number of unbranched alkanes of at least 4 members (excludes halogenated alkanes) is 1. The average molecular weight is 358 g/mol. The monoisotopic (exact) mass is 358 g/mol. The van der Waals surface area contributed by atoms with Gasteiger partial charge in [-0.1, -0.05) is 34.1 Å². The first-order valence-electron chi connectivity index (χ1n) is 8.75. The number of benzene rings is 1. The van der Waals surface area contributed by atoms with Crippen LogP contribution in [0.2, 0.25) is 0 Å². The number of amides is 2. The summed E-state index contributed by atoms with van der Waals surface area (Å²) >= 11 is 0. The van der Waals surface area contributed by atoms with Crippen molar-refractivity contribution in [2.24, 2.45) is 0 Å². The average Bonchev–Trinajstić information content (AvgIpc) is 3.07. The Morgan fingerprint density at radius 1 is 1.00 bits per heavy atom. The summed E-state index contributed by atoms with van der Waals surface area (Å²) in [5.41, 5.74) is 1.04. The number of hydrogen-bond donors (Lipinski definition) is 2. The number of nitrogens with one attached hydrogen (secondary N) is 2. The lowest BCUT2D eigenvalue weighted by Crippen LogP contribution is -2.14. The minimum atomic E-state index is -0.486. The van der Waals surface area contributed by atoms with Crippen molar-refractivity contribution >= 4 is 23.4 Å². The Morgan fingerprint density at radius 3 is 2.15 bits per heavy atom. The topological polar surface area (TPSA) is 80.6 Å². The van der Waals surface area contributed by atoms with Gasteiger partial charge in [-0.25, -0.2) is 4.79 Å². The Morgan fingerprint density at radius 2 is 1.62 bits per heavy atom. The van der Waals surface area contributed by atoms with E-state index in [9.17, 15) is 9.59 Å². The first kappa shape index (κ1) is 19.6. The van der Waals surface area contributed by atoms with E-state index in [1.807, 2.05) is 33.8 Å². The molecule has 0 unspecified atom stereocenters. The van der Waals surface area contributed by atoms with Crippen LogP contribution in [0, 0.1) is 0 Å². The molecule has 2 amide bonds.